The Kier molecular flexibility index (Phi) is 7.28. The van der Waals surface area contributed by atoms with E-state index < -0.39 is 0 Å². The fraction of sp³-hybridized carbons (Fsp3) is 0.526. The number of benzene rings is 1. The number of rotatable bonds is 9. The lowest BCUT2D eigenvalue weighted by atomic mass is 10.1. The van der Waals surface area contributed by atoms with Crippen molar-refractivity contribution in [3.63, 3.8) is 0 Å². The van der Waals surface area contributed by atoms with E-state index in [1.807, 2.05) is 19.1 Å². The van der Waals surface area contributed by atoms with Crippen LogP contribution in [-0.4, -0.2) is 57.3 Å². The number of amides is 1. The van der Waals surface area contributed by atoms with E-state index in [1.165, 1.54) is 0 Å². The summed E-state index contributed by atoms with van der Waals surface area (Å²) in [4.78, 5) is 14.6. The van der Waals surface area contributed by atoms with Gasteiger partial charge in [0.05, 0.1) is 6.61 Å². The number of hydrogen-bond acceptors (Lipinski definition) is 4. The van der Waals surface area contributed by atoms with Crippen molar-refractivity contribution >= 4 is 5.91 Å². The summed E-state index contributed by atoms with van der Waals surface area (Å²) in [5.74, 6) is 1.24. The summed E-state index contributed by atoms with van der Waals surface area (Å²) in [6, 6.07) is 7.23. The number of nitrogens with zero attached hydrogens (tertiary/aromatic N) is 1. The van der Waals surface area contributed by atoms with Gasteiger partial charge in [0.2, 0.25) is 0 Å². The third kappa shape index (κ3) is 5.98. The van der Waals surface area contributed by atoms with E-state index in [9.17, 15) is 4.79 Å². The maximum Gasteiger partial charge on any atom is 0.251 e. The van der Waals surface area contributed by atoms with Crippen LogP contribution in [0, 0.1) is 5.92 Å². The SMILES string of the molecule is C=C(C)COc1ccc(C(=O)NC[C@@H]2CCN(CCOC)C2)cc1. The monoisotopic (exact) mass is 332 g/mol. The Balaban J connectivity index is 1.73. The highest BCUT2D eigenvalue weighted by Gasteiger charge is 2.22. The van der Waals surface area contributed by atoms with Gasteiger partial charge in [0, 0.05) is 32.3 Å². The van der Waals surface area contributed by atoms with Gasteiger partial charge in [-0.15, -0.1) is 0 Å². The van der Waals surface area contributed by atoms with Gasteiger partial charge in [0.25, 0.3) is 5.91 Å². The number of hydrogen-bond donors (Lipinski definition) is 1. The normalized spacial score (nSPS) is 17.7. The quantitative estimate of drug-likeness (QED) is 0.705. The van der Waals surface area contributed by atoms with Crippen LogP contribution in [-0.2, 0) is 4.74 Å². The van der Waals surface area contributed by atoms with E-state index in [-0.39, 0.29) is 5.91 Å². The third-order valence-corrected chi connectivity index (χ3v) is 4.13. The first-order valence-electron chi connectivity index (χ1n) is 8.45. The lowest BCUT2D eigenvalue weighted by molar-refractivity contribution is 0.0946. The van der Waals surface area contributed by atoms with E-state index in [2.05, 4.69) is 16.8 Å². The van der Waals surface area contributed by atoms with Gasteiger partial charge in [0.15, 0.2) is 0 Å². The Labute approximate surface area is 144 Å². The van der Waals surface area contributed by atoms with Crippen LogP contribution in [0.15, 0.2) is 36.4 Å². The van der Waals surface area contributed by atoms with Crippen LogP contribution in [0.2, 0.25) is 0 Å². The average Bonchev–Trinajstić information content (AvgIpc) is 3.04. The summed E-state index contributed by atoms with van der Waals surface area (Å²) in [6.45, 7) is 10.8. The minimum Gasteiger partial charge on any atom is -0.489 e. The second-order valence-electron chi connectivity index (χ2n) is 6.43. The molecule has 0 aromatic heterocycles. The lowest BCUT2D eigenvalue weighted by Gasteiger charge is -2.15. The number of carbonyl (C=O) groups is 1. The predicted octanol–water partition coefficient (Wildman–Crippen LogP) is 2.34. The van der Waals surface area contributed by atoms with Gasteiger partial charge >= 0.3 is 0 Å². The van der Waals surface area contributed by atoms with Crippen LogP contribution in [0.4, 0.5) is 0 Å². The minimum atomic E-state index is -0.0307. The van der Waals surface area contributed by atoms with Crippen LogP contribution in [0.25, 0.3) is 0 Å². The van der Waals surface area contributed by atoms with Gasteiger partial charge < -0.3 is 19.7 Å². The first-order valence-corrected chi connectivity index (χ1v) is 8.45. The highest BCUT2D eigenvalue weighted by Crippen LogP contribution is 2.16. The van der Waals surface area contributed by atoms with Crippen molar-refractivity contribution in [1.29, 1.82) is 0 Å². The Morgan fingerprint density at radius 3 is 2.79 bits per heavy atom. The van der Waals surface area contributed by atoms with Crippen LogP contribution < -0.4 is 10.1 Å². The second kappa shape index (κ2) is 9.45. The number of methoxy groups -OCH3 is 1. The molecule has 0 radical (unpaired) electrons. The maximum atomic E-state index is 12.2. The highest BCUT2D eigenvalue weighted by molar-refractivity contribution is 5.94. The Morgan fingerprint density at radius 2 is 2.12 bits per heavy atom. The average molecular weight is 332 g/mol. The summed E-state index contributed by atoms with van der Waals surface area (Å²) < 4.78 is 10.6. The molecule has 5 nitrogen and oxygen atoms in total. The van der Waals surface area contributed by atoms with E-state index in [0.29, 0.717) is 18.1 Å². The van der Waals surface area contributed by atoms with Gasteiger partial charge in [-0.3, -0.25) is 4.79 Å². The van der Waals surface area contributed by atoms with Crippen molar-refractivity contribution in [3.8, 4) is 5.75 Å². The molecule has 1 atom stereocenters. The Morgan fingerprint density at radius 1 is 1.38 bits per heavy atom. The first-order chi connectivity index (χ1) is 11.6. The van der Waals surface area contributed by atoms with Crippen LogP contribution in [0.1, 0.15) is 23.7 Å². The molecular weight excluding hydrogens is 304 g/mol. The molecule has 0 bridgehead atoms. The molecule has 1 aliphatic rings. The number of nitrogens with one attached hydrogen (secondary N) is 1. The van der Waals surface area contributed by atoms with E-state index in [4.69, 9.17) is 9.47 Å². The van der Waals surface area contributed by atoms with Crippen molar-refractivity contribution in [2.45, 2.75) is 13.3 Å². The van der Waals surface area contributed by atoms with Gasteiger partial charge in [-0.1, -0.05) is 6.58 Å². The van der Waals surface area contributed by atoms with Crippen molar-refractivity contribution < 1.29 is 14.3 Å². The molecule has 1 heterocycles. The summed E-state index contributed by atoms with van der Waals surface area (Å²) in [5.41, 5.74) is 1.62. The molecule has 132 valence electrons. The van der Waals surface area contributed by atoms with E-state index in [0.717, 1.165) is 50.5 Å². The van der Waals surface area contributed by atoms with Gasteiger partial charge in [0.1, 0.15) is 12.4 Å². The molecule has 5 heteroatoms. The molecule has 0 saturated carbocycles. The first kappa shape index (κ1) is 18.5. The minimum absolute atomic E-state index is 0.0307. The van der Waals surface area contributed by atoms with Crippen molar-refractivity contribution in [2.75, 3.05) is 46.5 Å². The second-order valence-corrected chi connectivity index (χ2v) is 6.43. The molecule has 24 heavy (non-hydrogen) atoms. The van der Waals surface area contributed by atoms with E-state index >= 15 is 0 Å². The van der Waals surface area contributed by atoms with E-state index in [1.54, 1.807) is 19.2 Å². The zero-order valence-electron chi connectivity index (χ0n) is 14.7. The van der Waals surface area contributed by atoms with Crippen LogP contribution in [0.5, 0.6) is 5.75 Å². The molecule has 0 unspecified atom stereocenters. The molecule has 1 saturated heterocycles. The highest BCUT2D eigenvalue weighted by atomic mass is 16.5. The number of ether oxygens (including phenoxy) is 2. The third-order valence-electron chi connectivity index (χ3n) is 4.13. The zero-order valence-corrected chi connectivity index (χ0v) is 14.7. The molecule has 1 aromatic carbocycles. The maximum absolute atomic E-state index is 12.2. The zero-order chi connectivity index (χ0) is 17.4. The molecule has 1 N–H and O–H groups in total. The van der Waals surface area contributed by atoms with Crippen LogP contribution in [0.3, 0.4) is 0 Å². The topological polar surface area (TPSA) is 50.8 Å². The molecule has 0 spiro atoms. The summed E-state index contributed by atoms with van der Waals surface area (Å²) >= 11 is 0. The number of carbonyl (C=O) groups excluding carboxylic acids is 1. The van der Waals surface area contributed by atoms with Crippen LogP contribution >= 0.6 is 0 Å². The Hall–Kier alpha value is -1.85. The molecule has 1 aliphatic heterocycles. The summed E-state index contributed by atoms with van der Waals surface area (Å²) in [6.07, 6.45) is 1.12. The largest absolute Gasteiger partial charge is 0.489 e. The fourth-order valence-corrected chi connectivity index (χ4v) is 2.75. The number of likely N-dealkylation sites (tertiary alicyclic amines) is 1. The predicted molar refractivity (Wildman–Crippen MR) is 95.5 cm³/mol. The molecule has 2 rings (SSSR count). The van der Waals surface area contributed by atoms with Crippen molar-refractivity contribution in [1.82, 2.24) is 10.2 Å². The lowest BCUT2D eigenvalue weighted by Crippen LogP contribution is -2.31. The smallest absolute Gasteiger partial charge is 0.251 e. The molecule has 0 aliphatic carbocycles. The van der Waals surface area contributed by atoms with Crippen molar-refractivity contribution in [2.24, 2.45) is 5.92 Å². The standard InChI is InChI=1S/C19H28N2O3/c1-15(2)14-24-18-6-4-17(5-7-18)19(22)20-12-16-8-9-21(13-16)10-11-23-3/h4-7,16H,1,8-14H2,2-3H3,(H,20,22)/t16-/m0/s1. The van der Waals surface area contributed by atoms with Gasteiger partial charge in [-0.25, -0.2) is 0 Å². The molecule has 1 aromatic rings. The summed E-state index contributed by atoms with van der Waals surface area (Å²) in [7, 11) is 1.72. The van der Waals surface area contributed by atoms with Gasteiger partial charge in [-0.05, 0) is 55.6 Å². The fourth-order valence-electron chi connectivity index (χ4n) is 2.75. The van der Waals surface area contributed by atoms with Crippen molar-refractivity contribution in [3.05, 3.63) is 42.0 Å². The van der Waals surface area contributed by atoms with Gasteiger partial charge in [-0.2, -0.15) is 0 Å². The summed E-state index contributed by atoms with van der Waals surface area (Å²) in [5, 5.41) is 3.04. The molecular formula is C19H28N2O3. The molecule has 1 fully saturated rings. The Bertz CT molecular complexity index is 542. The molecule has 1 amide bonds.